The largest absolute Gasteiger partial charge is 0.497 e. The number of hydrogen-bond donors (Lipinski definition) is 1. The molecule has 3 rings (SSSR count). The lowest BCUT2D eigenvalue weighted by molar-refractivity contribution is -0.124. The topological polar surface area (TPSA) is 79.0 Å². The first-order chi connectivity index (χ1) is 15.4. The fourth-order valence-electron chi connectivity index (χ4n) is 3.13. The SMILES string of the molecule is COc1ccc(CN(C)CC(=O)NCCN2C(=O)S/C(=C\c3ccccc3F)C2=O)cc1. The second-order valence-corrected chi connectivity index (χ2v) is 8.22. The number of likely N-dealkylation sites (N-methyl/N-ethyl adjacent to an activating group) is 1. The minimum atomic E-state index is -0.492. The van der Waals surface area contributed by atoms with Crippen molar-refractivity contribution in [3.8, 4) is 5.75 Å². The van der Waals surface area contributed by atoms with Crippen molar-refractivity contribution in [3.05, 3.63) is 70.4 Å². The van der Waals surface area contributed by atoms with E-state index in [9.17, 15) is 18.8 Å². The Balaban J connectivity index is 1.46. The van der Waals surface area contributed by atoms with E-state index in [1.807, 2.05) is 36.2 Å². The highest BCUT2D eigenvalue weighted by molar-refractivity contribution is 8.18. The van der Waals surface area contributed by atoms with Crippen molar-refractivity contribution in [2.24, 2.45) is 0 Å². The summed E-state index contributed by atoms with van der Waals surface area (Å²) in [5.74, 6) is -0.403. The van der Waals surface area contributed by atoms with E-state index in [0.29, 0.717) is 6.54 Å². The van der Waals surface area contributed by atoms with Gasteiger partial charge < -0.3 is 10.1 Å². The third-order valence-corrected chi connectivity index (χ3v) is 5.66. The molecule has 1 heterocycles. The van der Waals surface area contributed by atoms with Crippen LogP contribution in [0.2, 0.25) is 0 Å². The summed E-state index contributed by atoms with van der Waals surface area (Å²) >= 11 is 0.761. The van der Waals surface area contributed by atoms with Gasteiger partial charge in [-0.05, 0) is 48.6 Å². The number of carbonyl (C=O) groups excluding carboxylic acids is 3. The lowest BCUT2D eigenvalue weighted by atomic mass is 10.2. The molecule has 168 valence electrons. The standard InChI is InChI=1S/C23H24FN3O4S/c1-26(14-16-7-9-18(31-2)10-8-16)15-21(28)25-11-12-27-22(29)20(32-23(27)30)13-17-5-3-4-6-19(17)24/h3-10,13H,11-12,14-15H2,1-2H3,(H,25,28)/b20-13-. The zero-order chi connectivity index (χ0) is 23.1. The number of thioether (sulfide) groups is 1. The third kappa shape index (κ3) is 6.18. The van der Waals surface area contributed by atoms with Crippen molar-refractivity contribution in [2.75, 3.05) is 33.8 Å². The molecule has 0 radical (unpaired) electrons. The molecule has 32 heavy (non-hydrogen) atoms. The number of methoxy groups -OCH3 is 1. The number of amides is 3. The molecule has 1 N–H and O–H groups in total. The molecule has 0 aromatic heterocycles. The smallest absolute Gasteiger partial charge is 0.293 e. The molecule has 9 heteroatoms. The zero-order valence-corrected chi connectivity index (χ0v) is 18.7. The van der Waals surface area contributed by atoms with Gasteiger partial charge in [-0.2, -0.15) is 0 Å². The maximum atomic E-state index is 13.8. The molecule has 0 unspecified atom stereocenters. The van der Waals surface area contributed by atoms with Gasteiger partial charge in [-0.25, -0.2) is 4.39 Å². The number of ether oxygens (including phenoxy) is 1. The number of rotatable bonds is 9. The molecule has 0 aliphatic carbocycles. The third-order valence-electron chi connectivity index (χ3n) is 4.75. The Hall–Kier alpha value is -3.17. The summed E-state index contributed by atoms with van der Waals surface area (Å²) in [6.07, 6.45) is 1.37. The van der Waals surface area contributed by atoms with Gasteiger partial charge in [0.15, 0.2) is 0 Å². The molecule has 0 saturated carbocycles. The maximum absolute atomic E-state index is 13.8. The summed E-state index contributed by atoms with van der Waals surface area (Å²) < 4.78 is 18.9. The van der Waals surface area contributed by atoms with Crippen LogP contribution in [0.15, 0.2) is 53.4 Å². The quantitative estimate of drug-likeness (QED) is 0.583. The minimum Gasteiger partial charge on any atom is -0.497 e. The van der Waals surface area contributed by atoms with Crippen LogP contribution in [-0.4, -0.2) is 60.6 Å². The average molecular weight is 458 g/mol. The summed E-state index contributed by atoms with van der Waals surface area (Å²) in [5, 5.41) is 2.28. The van der Waals surface area contributed by atoms with Gasteiger partial charge in [-0.1, -0.05) is 30.3 Å². The molecule has 2 aromatic carbocycles. The van der Waals surface area contributed by atoms with E-state index in [2.05, 4.69) is 5.32 Å². The van der Waals surface area contributed by atoms with E-state index in [1.54, 1.807) is 19.2 Å². The van der Waals surface area contributed by atoms with Gasteiger partial charge in [0, 0.05) is 25.2 Å². The molecule has 0 spiro atoms. The lowest BCUT2D eigenvalue weighted by Crippen LogP contribution is -2.40. The van der Waals surface area contributed by atoms with Crippen LogP contribution in [0.3, 0.4) is 0 Å². The predicted octanol–water partition coefficient (Wildman–Crippen LogP) is 3.12. The van der Waals surface area contributed by atoms with E-state index in [0.717, 1.165) is 28.0 Å². The van der Waals surface area contributed by atoms with Crippen LogP contribution in [0.4, 0.5) is 9.18 Å². The number of benzene rings is 2. The number of halogens is 1. The second kappa shape index (κ2) is 10.9. The van der Waals surface area contributed by atoms with Gasteiger partial charge in [0.2, 0.25) is 5.91 Å². The molecule has 0 atom stereocenters. The Morgan fingerprint density at radius 2 is 1.91 bits per heavy atom. The Kier molecular flexibility index (Phi) is 8.02. The van der Waals surface area contributed by atoms with Crippen molar-refractivity contribution in [1.82, 2.24) is 15.1 Å². The highest BCUT2D eigenvalue weighted by atomic mass is 32.2. The molecule has 1 aliphatic heterocycles. The van der Waals surface area contributed by atoms with E-state index in [1.165, 1.54) is 18.2 Å². The summed E-state index contributed by atoms with van der Waals surface area (Å²) in [6, 6.07) is 13.6. The summed E-state index contributed by atoms with van der Waals surface area (Å²) in [5.41, 5.74) is 1.28. The highest BCUT2D eigenvalue weighted by Crippen LogP contribution is 2.32. The molecule has 1 fully saturated rings. The Morgan fingerprint density at radius 3 is 2.59 bits per heavy atom. The Bertz CT molecular complexity index is 1030. The molecule has 1 aliphatic rings. The summed E-state index contributed by atoms with van der Waals surface area (Å²) in [6.45, 7) is 0.940. The molecule has 3 amide bonds. The van der Waals surface area contributed by atoms with Crippen LogP contribution in [0.5, 0.6) is 5.75 Å². The first kappa shape index (κ1) is 23.5. The van der Waals surface area contributed by atoms with Crippen LogP contribution in [0, 0.1) is 5.82 Å². The molecule has 1 saturated heterocycles. The van der Waals surface area contributed by atoms with Gasteiger partial charge in [0.05, 0.1) is 18.6 Å². The van der Waals surface area contributed by atoms with Crippen molar-refractivity contribution in [2.45, 2.75) is 6.54 Å². The first-order valence-electron chi connectivity index (χ1n) is 9.95. The number of nitrogens with one attached hydrogen (secondary N) is 1. The molecular formula is C23H24FN3O4S. The minimum absolute atomic E-state index is 0.0488. The maximum Gasteiger partial charge on any atom is 0.293 e. The molecule has 7 nitrogen and oxygen atoms in total. The van der Waals surface area contributed by atoms with Gasteiger partial charge in [-0.3, -0.25) is 24.2 Å². The van der Waals surface area contributed by atoms with Crippen molar-refractivity contribution in [3.63, 3.8) is 0 Å². The van der Waals surface area contributed by atoms with Crippen molar-refractivity contribution >= 4 is 34.9 Å². The van der Waals surface area contributed by atoms with E-state index in [-0.39, 0.29) is 36.0 Å². The van der Waals surface area contributed by atoms with Gasteiger partial charge in [-0.15, -0.1) is 0 Å². The fraction of sp³-hybridized carbons (Fsp3) is 0.261. The van der Waals surface area contributed by atoms with Gasteiger partial charge in [0.25, 0.3) is 11.1 Å². The molecule has 2 aromatic rings. The van der Waals surface area contributed by atoms with Crippen LogP contribution in [-0.2, 0) is 16.1 Å². The van der Waals surface area contributed by atoms with Crippen molar-refractivity contribution in [1.29, 1.82) is 0 Å². The highest BCUT2D eigenvalue weighted by Gasteiger charge is 2.34. The van der Waals surface area contributed by atoms with Crippen LogP contribution in [0.1, 0.15) is 11.1 Å². The van der Waals surface area contributed by atoms with Gasteiger partial charge >= 0.3 is 0 Å². The monoisotopic (exact) mass is 457 g/mol. The predicted molar refractivity (Wildman–Crippen MR) is 121 cm³/mol. The van der Waals surface area contributed by atoms with Crippen LogP contribution < -0.4 is 10.1 Å². The average Bonchev–Trinajstić information content (AvgIpc) is 3.03. The Morgan fingerprint density at radius 1 is 1.19 bits per heavy atom. The molecular weight excluding hydrogens is 433 g/mol. The van der Waals surface area contributed by atoms with Crippen LogP contribution in [0.25, 0.3) is 6.08 Å². The number of carbonyl (C=O) groups is 3. The van der Waals surface area contributed by atoms with Crippen LogP contribution >= 0.6 is 11.8 Å². The summed E-state index contributed by atoms with van der Waals surface area (Å²) in [4.78, 5) is 39.9. The fourth-order valence-corrected chi connectivity index (χ4v) is 3.99. The number of hydrogen-bond acceptors (Lipinski definition) is 6. The van der Waals surface area contributed by atoms with E-state index in [4.69, 9.17) is 4.74 Å². The van der Waals surface area contributed by atoms with Crippen molar-refractivity contribution < 1.29 is 23.5 Å². The zero-order valence-electron chi connectivity index (χ0n) is 17.8. The van der Waals surface area contributed by atoms with E-state index >= 15 is 0 Å². The second-order valence-electron chi connectivity index (χ2n) is 7.23. The normalized spacial score (nSPS) is 15.0. The lowest BCUT2D eigenvalue weighted by Gasteiger charge is -2.17. The molecule has 0 bridgehead atoms. The van der Waals surface area contributed by atoms with E-state index < -0.39 is 17.0 Å². The number of imide groups is 1. The number of nitrogens with zero attached hydrogens (tertiary/aromatic N) is 2. The Labute approximate surface area is 190 Å². The van der Waals surface area contributed by atoms with Gasteiger partial charge in [0.1, 0.15) is 11.6 Å². The summed E-state index contributed by atoms with van der Waals surface area (Å²) in [7, 11) is 3.43. The first-order valence-corrected chi connectivity index (χ1v) is 10.8.